The molecule has 1 aromatic rings. The average molecular weight is 334 g/mol. The molecule has 134 valence electrons. The van der Waals surface area contributed by atoms with Crippen molar-refractivity contribution in [3.63, 3.8) is 0 Å². The third-order valence-electron chi connectivity index (χ3n) is 4.09. The maximum Gasteiger partial charge on any atom is 0.188 e. The number of aliphatic imine (C=N–C) groups is 1. The summed E-state index contributed by atoms with van der Waals surface area (Å²) >= 11 is 0. The van der Waals surface area contributed by atoms with Gasteiger partial charge in [-0.2, -0.15) is 0 Å². The monoisotopic (exact) mass is 334 g/mol. The number of morpholine rings is 1. The molecule has 0 amide bonds. The van der Waals surface area contributed by atoms with Gasteiger partial charge in [0.1, 0.15) is 5.75 Å². The number of nitrogens with zero attached hydrogens (tertiary/aromatic N) is 2. The zero-order valence-corrected chi connectivity index (χ0v) is 15.0. The van der Waals surface area contributed by atoms with E-state index in [0.29, 0.717) is 11.9 Å². The standard InChI is InChI=1S/C18H30N4O2/c1-14(2)12-20-18(19)21-13-17(22-8-10-24-11-9-22)15-4-6-16(23-3)7-5-15/h4-7,14,17H,8-13H2,1-3H3,(H3,19,20,21). The molecular weight excluding hydrogens is 304 g/mol. The number of benzene rings is 1. The number of hydrogen-bond donors (Lipinski definition) is 2. The van der Waals surface area contributed by atoms with Crippen molar-refractivity contribution in [1.29, 1.82) is 0 Å². The molecule has 0 bridgehead atoms. The Hall–Kier alpha value is -1.79. The van der Waals surface area contributed by atoms with Crippen LogP contribution in [0.5, 0.6) is 5.75 Å². The fraction of sp³-hybridized carbons (Fsp3) is 0.611. The summed E-state index contributed by atoms with van der Waals surface area (Å²) in [4.78, 5) is 6.81. The number of rotatable bonds is 7. The van der Waals surface area contributed by atoms with Crippen molar-refractivity contribution in [2.45, 2.75) is 19.9 Å². The van der Waals surface area contributed by atoms with E-state index in [9.17, 15) is 0 Å². The number of nitrogens with one attached hydrogen (secondary N) is 1. The van der Waals surface area contributed by atoms with E-state index in [1.807, 2.05) is 12.1 Å². The van der Waals surface area contributed by atoms with Crippen LogP contribution < -0.4 is 15.8 Å². The maximum atomic E-state index is 6.00. The van der Waals surface area contributed by atoms with Crippen LogP contribution in [0, 0.1) is 5.92 Å². The highest BCUT2D eigenvalue weighted by Gasteiger charge is 2.22. The Bertz CT molecular complexity index is 510. The first-order valence-corrected chi connectivity index (χ1v) is 8.59. The molecule has 0 aliphatic carbocycles. The number of nitrogens with two attached hydrogens (primary N) is 1. The minimum absolute atomic E-state index is 0.229. The molecule has 1 atom stereocenters. The van der Waals surface area contributed by atoms with Crippen LogP contribution in [0.2, 0.25) is 0 Å². The van der Waals surface area contributed by atoms with Crippen molar-refractivity contribution in [2.24, 2.45) is 16.6 Å². The summed E-state index contributed by atoms with van der Waals surface area (Å²) in [5.41, 5.74) is 7.24. The molecule has 6 nitrogen and oxygen atoms in total. The molecule has 1 fully saturated rings. The molecule has 24 heavy (non-hydrogen) atoms. The summed E-state index contributed by atoms with van der Waals surface area (Å²) < 4.78 is 10.7. The molecule has 2 rings (SSSR count). The van der Waals surface area contributed by atoms with Crippen molar-refractivity contribution in [2.75, 3.05) is 46.5 Å². The van der Waals surface area contributed by atoms with E-state index in [-0.39, 0.29) is 6.04 Å². The predicted octanol–water partition coefficient (Wildman–Crippen LogP) is 1.63. The van der Waals surface area contributed by atoms with Gasteiger partial charge in [-0.3, -0.25) is 9.89 Å². The Morgan fingerprint density at radius 3 is 2.54 bits per heavy atom. The normalized spacial score (nSPS) is 17.8. The van der Waals surface area contributed by atoms with Gasteiger partial charge in [-0.05, 0) is 23.6 Å². The number of ether oxygens (including phenoxy) is 2. The lowest BCUT2D eigenvalue weighted by Gasteiger charge is -2.35. The highest BCUT2D eigenvalue weighted by atomic mass is 16.5. The fourth-order valence-electron chi connectivity index (χ4n) is 2.71. The van der Waals surface area contributed by atoms with Crippen LogP contribution >= 0.6 is 0 Å². The van der Waals surface area contributed by atoms with Gasteiger partial charge in [0, 0.05) is 26.2 Å². The summed E-state index contributed by atoms with van der Waals surface area (Å²) in [5.74, 6) is 1.88. The van der Waals surface area contributed by atoms with Crippen LogP contribution in [-0.4, -0.2) is 57.4 Å². The number of hydrogen-bond acceptors (Lipinski definition) is 4. The molecule has 0 aromatic heterocycles. The second kappa shape index (κ2) is 9.49. The van der Waals surface area contributed by atoms with E-state index >= 15 is 0 Å². The molecule has 0 spiro atoms. The van der Waals surface area contributed by atoms with Gasteiger partial charge in [-0.25, -0.2) is 0 Å². The lowest BCUT2D eigenvalue weighted by atomic mass is 10.0. The van der Waals surface area contributed by atoms with Crippen molar-refractivity contribution in [3.05, 3.63) is 29.8 Å². The largest absolute Gasteiger partial charge is 0.497 e. The van der Waals surface area contributed by atoms with Gasteiger partial charge in [-0.15, -0.1) is 0 Å². The van der Waals surface area contributed by atoms with Gasteiger partial charge >= 0.3 is 0 Å². The summed E-state index contributed by atoms with van der Waals surface area (Å²) in [6, 6.07) is 8.45. The molecule has 1 heterocycles. The summed E-state index contributed by atoms with van der Waals surface area (Å²) in [6.07, 6.45) is 0. The van der Waals surface area contributed by atoms with Crippen LogP contribution in [0.1, 0.15) is 25.5 Å². The number of methoxy groups -OCH3 is 1. The third kappa shape index (κ3) is 5.69. The van der Waals surface area contributed by atoms with Gasteiger partial charge in [0.05, 0.1) is 26.4 Å². The lowest BCUT2D eigenvalue weighted by molar-refractivity contribution is 0.0170. The van der Waals surface area contributed by atoms with E-state index in [4.69, 9.17) is 15.2 Å². The Balaban J connectivity index is 2.05. The van der Waals surface area contributed by atoms with Crippen molar-refractivity contribution in [1.82, 2.24) is 10.2 Å². The van der Waals surface area contributed by atoms with Gasteiger partial charge in [0.25, 0.3) is 0 Å². The highest BCUT2D eigenvalue weighted by Crippen LogP contribution is 2.23. The fourth-order valence-corrected chi connectivity index (χ4v) is 2.71. The number of guanidine groups is 1. The third-order valence-corrected chi connectivity index (χ3v) is 4.09. The van der Waals surface area contributed by atoms with E-state index in [1.54, 1.807) is 7.11 Å². The predicted molar refractivity (Wildman–Crippen MR) is 97.5 cm³/mol. The van der Waals surface area contributed by atoms with Gasteiger partial charge in [-0.1, -0.05) is 26.0 Å². The van der Waals surface area contributed by atoms with E-state index in [0.717, 1.165) is 45.1 Å². The first-order valence-electron chi connectivity index (χ1n) is 8.59. The average Bonchev–Trinajstić information content (AvgIpc) is 2.61. The van der Waals surface area contributed by atoms with Crippen LogP contribution in [-0.2, 0) is 4.74 Å². The van der Waals surface area contributed by atoms with Crippen molar-refractivity contribution in [3.8, 4) is 5.75 Å². The first kappa shape index (κ1) is 18.5. The van der Waals surface area contributed by atoms with Crippen molar-refractivity contribution >= 4 is 5.96 Å². The summed E-state index contributed by atoms with van der Waals surface area (Å²) in [5, 5.41) is 3.28. The summed E-state index contributed by atoms with van der Waals surface area (Å²) in [7, 11) is 1.68. The van der Waals surface area contributed by atoms with Crippen LogP contribution in [0.3, 0.4) is 0 Å². The van der Waals surface area contributed by atoms with Gasteiger partial charge < -0.3 is 20.5 Å². The lowest BCUT2D eigenvalue weighted by Crippen LogP contribution is -2.45. The highest BCUT2D eigenvalue weighted by molar-refractivity contribution is 5.77. The molecule has 6 heteroatoms. The second-order valence-corrected chi connectivity index (χ2v) is 6.44. The molecule has 0 radical (unpaired) electrons. The van der Waals surface area contributed by atoms with Gasteiger partial charge in [0.15, 0.2) is 5.96 Å². The SMILES string of the molecule is COc1ccc(C(CNC(N)=NCC(C)C)N2CCOCC2)cc1. The quantitative estimate of drug-likeness (QED) is 0.586. The zero-order valence-electron chi connectivity index (χ0n) is 15.0. The molecule has 1 aliphatic rings. The Morgan fingerprint density at radius 2 is 1.96 bits per heavy atom. The Morgan fingerprint density at radius 1 is 1.29 bits per heavy atom. The smallest absolute Gasteiger partial charge is 0.188 e. The molecule has 1 unspecified atom stereocenters. The minimum atomic E-state index is 0.229. The van der Waals surface area contributed by atoms with E-state index in [1.165, 1.54) is 5.56 Å². The molecule has 1 aromatic carbocycles. The van der Waals surface area contributed by atoms with Crippen LogP contribution in [0.25, 0.3) is 0 Å². The Kier molecular flexibility index (Phi) is 7.34. The zero-order chi connectivity index (χ0) is 17.4. The van der Waals surface area contributed by atoms with Crippen molar-refractivity contribution < 1.29 is 9.47 Å². The molecule has 3 N–H and O–H groups in total. The summed E-state index contributed by atoms with van der Waals surface area (Å²) in [6.45, 7) is 9.09. The van der Waals surface area contributed by atoms with E-state index in [2.05, 4.69) is 41.2 Å². The molecule has 1 saturated heterocycles. The molecule has 1 aliphatic heterocycles. The van der Waals surface area contributed by atoms with Crippen LogP contribution in [0.4, 0.5) is 0 Å². The molecule has 0 saturated carbocycles. The first-order chi connectivity index (χ1) is 11.6. The Labute approximate surface area is 145 Å². The second-order valence-electron chi connectivity index (χ2n) is 6.44. The molecular formula is C18H30N4O2. The minimum Gasteiger partial charge on any atom is -0.497 e. The van der Waals surface area contributed by atoms with Gasteiger partial charge in [0.2, 0.25) is 0 Å². The maximum absolute atomic E-state index is 6.00. The topological polar surface area (TPSA) is 72.1 Å². The van der Waals surface area contributed by atoms with E-state index < -0.39 is 0 Å². The van der Waals surface area contributed by atoms with Crippen LogP contribution in [0.15, 0.2) is 29.3 Å².